The SMILES string of the molecule is CCCCCCOc1nccc(C)c1C(N)=S. The molecule has 3 nitrogen and oxygen atoms in total. The predicted octanol–water partition coefficient (Wildman–Crippen LogP) is 2.98. The highest BCUT2D eigenvalue weighted by molar-refractivity contribution is 7.80. The summed E-state index contributed by atoms with van der Waals surface area (Å²) >= 11 is 5.02. The molecule has 94 valence electrons. The number of hydrogen-bond acceptors (Lipinski definition) is 3. The van der Waals surface area contributed by atoms with Crippen molar-refractivity contribution in [1.29, 1.82) is 0 Å². The van der Waals surface area contributed by atoms with Crippen LogP contribution in [0.15, 0.2) is 12.3 Å². The van der Waals surface area contributed by atoms with Gasteiger partial charge in [-0.05, 0) is 25.0 Å². The van der Waals surface area contributed by atoms with Gasteiger partial charge >= 0.3 is 0 Å². The Bertz CT molecular complexity index is 380. The maximum absolute atomic E-state index is 5.68. The Balaban J connectivity index is 2.58. The van der Waals surface area contributed by atoms with Gasteiger partial charge < -0.3 is 10.5 Å². The number of ether oxygens (including phenoxy) is 1. The zero-order valence-electron chi connectivity index (χ0n) is 10.5. The first-order valence-corrected chi connectivity index (χ1v) is 6.45. The third kappa shape index (κ3) is 4.30. The number of thiocarbonyl (C=S) groups is 1. The summed E-state index contributed by atoms with van der Waals surface area (Å²) in [6.45, 7) is 4.82. The van der Waals surface area contributed by atoms with Gasteiger partial charge in [0.1, 0.15) is 4.99 Å². The maximum Gasteiger partial charge on any atom is 0.223 e. The topological polar surface area (TPSA) is 48.1 Å². The molecule has 1 aromatic heterocycles. The van der Waals surface area contributed by atoms with Gasteiger partial charge in [-0.25, -0.2) is 4.98 Å². The molecule has 4 heteroatoms. The van der Waals surface area contributed by atoms with E-state index in [0.29, 0.717) is 17.5 Å². The van der Waals surface area contributed by atoms with E-state index < -0.39 is 0 Å². The van der Waals surface area contributed by atoms with Crippen LogP contribution < -0.4 is 10.5 Å². The molecular weight excluding hydrogens is 232 g/mol. The number of aryl methyl sites for hydroxylation is 1. The zero-order chi connectivity index (χ0) is 12.7. The lowest BCUT2D eigenvalue weighted by Gasteiger charge is -2.11. The molecule has 0 aliphatic heterocycles. The number of rotatable bonds is 7. The Morgan fingerprint density at radius 2 is 2.18 bits per heavy atom. The van der Waals surface area contributed by atoms with Crippen LogP contribution in [0.25, 0.3) is 0 Å². The summed E-state index contributed by atoms with van der Waals surface area (Å²) in [7, 11) is 0. The van der Waals surface area contributed by atoms with Crippen molar-refractivity contribution in [3.63, 3.8) is 0 Å². The van der Waals surface area contributed by atoms with Crippen molar-refractivity contribution < 1.29 is 4.74 Å². The summed E-state index contributed by atoms with van der Waals surface area (Å²) in [6.07, 6.45) is 6.41. The zero-order valence-corrected chi connectivity index (χ0v) is 11.3. The van der Waals surface area contributed by atoms with Crippen molar-refractivity contribution in [3.8, 4) is 5.88 Å². The molecule has 17 heavy (non-hydrogen) atoms. The second-order valence-electron chi connectivity index (χ2n) is 4.08. The molecule has 0 bridgehead atoms. The molecule has 1 rings (SSSR count). The van der Waals surface area contributed by atoms with Crippen LogP contribution in [0, 0.1) is 6.92 Å². The van der Waals surface area contributed by atoms with Crippen LogP contribution in [0.4, 0.5) is 0 Å². The smallest absolute Gasteiger partial charge is 0.223 e. The Hall–Kier alpha value is -1.16. The van der Waals surface area contributed by atoms with E-state index in [0.717, 1.165) is 17.5 Å². The molecule has 2 N–H and O–H groups in total. The fourth-order valence-corrected chi connectivity index (χ4v) is 1.89. The van der Waals surface area contributed by atoms with Crippen molar-refractivity contribution in [1.82, 2.24) is 4.98 Å². The summed E-state index contributed by atoms with van der Waals surface area (Å²) in [4.78, 5) is 4.54. The largest absolute Gasteiger partial charge is 0.477 e. The minimum atomic E-state index is 0.346. The van der Waals surface area contributed by atoms with Crippen molar-refractivity contribution in [2.24, 2.45) is 5.73 Å². The Morgan fingerprint density at radius 1 is 1.41 bits per heavy atom. The van der Waals surface area contributed by atoms with E-state index in [1.807, 2.05) is 13.0 Å². The first-order valence-electron chi connectivity index (χ1n) is 6.05. The van der Waals surface area contributed by atoms with Gasteiger partial charge in [0.05, 0.1) is 12.2 Å². The fraction of sp³-hybridized carbons (Fsp3) is 0.538. The molecule has 0 radical (unpaired) electrons. The summed E-state index contributed by atoms with van der Waals surface area (Å²) in [5.74, 6) is 0.564. The van der Waals surface area contributed by atoms with Crippen LogP contribution in [0.3, 0.4) is 0 Å². The van der Waals surface area contributed by atoms with Crippen molar-refractivity contribution >= 4 is 17.2 Å². The van der Waals surface area contributed by atoms with E-state index >= 15 is 0 Å². The molecule has 0 aliphatic carbocycles. The first kappa shape index (κ1) is 13.9. The Morgan fingerprint density at radius 3 is 2.82 bits per heavy atom. The van der Waals surface area contributed by atoms with Gasteiger partial charge in [-0.1, -0.05) is 38.4 Å². The van der Waals surface area contributed by atoms with Crippen molar-refractivity contribution in [2.45, 2.75) is 39.5 Å². The fourth-order valence-electron chi connectivity index (χ4n) is 1.64. The molecule has 0 aromatic carbocycles. The monoisotopic (exact) mass is 252 g/mol. The normalized spacial score (nSPS) is 10.2. The van der Waals surface area contributed by atoms with E-state index in [9.17, 15) is 0 Å². The van der Waals surface area contributed by atoms with Gasteiger partial charge in [0.2, 0.25) is 5.88 Å². The number of nitrogens with two attached hydrogens (primary N) is 1. The second-order valence-corrected chi connectivity index (χ2v) is 4.52. The van der Waals surface area contributed by atoms with Gasteiger partial charge in [-0.15, -0.1) is 0 Å². The predicted molar refractivity (Wildman–Crippen MR) is 74.5 cm³/mol. The minimum absolute atomic E-state index is 0.346. The highest BCUT2D eigenvalue weighted by Gasteiger charge is 2.10. The standard InChI is InChI=1S/C13H20N2OS/c1-3-4-5-6-9-16-13-11(12(14)17)10(2)7-8-15-13/h7-8H,3-6,9H2,1-2H3,(H2,14,17). The first-order chi connectivity index (χ1) is 8.16. The van der Waals surface area contributed by atoms with Crippen LogP contribution >= 0.6 is 12.2 Å². The van der Waals surface area contributed by atoms with Crippen LogP contribution in [-0.4, -0.2) is 16.6 Å². The Kier molecular flexibility index (Phi) is 5.91. The highest BCUT2D eigenvalue weighted by atomic mass is 32.1. The second kappa shape index (κ2) is 7.22. The lowest BCUT2D eigenvalue weighted by Crippen LogP contribution is -2.15. The molecule has 0 aliphatic rings. The van der Waals surface area contributed by atoms with Gasteiger partial charge in [0, 0.05) is 6.20 Å². The molecular formula is C13H20N2OS. The summed E-state index contributed by atoms with van der Waals surface area (Å²) in [5, 5.41) is 0. The molecule has 1 heterocycles. The van der Waals surface area contributed by atoms with E-state index in [-0.39, 0.29) is 0 Å². The summed E-state index contributed by atoms with van der Waals surface area (Å²) < 4.78 is 5.65. The minimum Gasteiger partial charge on any atom is -0.477 e. The van der Waals surface area contributed by atoms with Crippen LogP contribution in [0.1, 0.15) is 43.7 Å². The number of unbranched alkanes of at least 4 members (excludes halogenated alkanes) is 3. The quantitative estimate of drug-likeness (QED) is 0.598. The number of aromatic nitrogens is 1. The van der Waals surface area contributed by atoms with Gasteiger partial charge in [-0.2, -0.15) is 0 Å². The van der Waals surface area contributed by atoms with E-state index in [1.54, 1.807) is 6.20 Å². The maximum atomic E-state index is 5.68. The van der Waals surface area contributed by atoms with E-state index in [1.165, 1.54) is 19.3 Å². The van der Waals surface area contributed by atoms with Gasteiger partial charge in [-0.3, -0.25) is 0 Å². The average Bonchev–Trinajstić information content (AvgIpc) is 2.28. The number of pyridine rings is 1. The van der Waals surface area contributed by atoms with Crippen molar-refractivity contribution in [2.75, 3.05) is 6.61 Å². The van der Waals surface area contributed by atoms with E-state index in [2.05, 4.69) is 11.9 Å². The molecule has 0 saturated heterocycles. The van der Waals surface area contributed by atoms with Crippen LogP contribution in [0.2, 0.25) is 0 Å². The molecule has 0 amide bonds. The Labute approximate surface area is 108 Å². The summed E-state index contributed by atoms with van der Waals surface area (Å²) in [5.41, 5.74) is 7.45. The third-order valence-electron chi connectivity index (χ3n) is 2.61. The average molecular weight is 252 g/mol. The lowest BCUT2D eigenvalue weighted by atomic mass is 10.1. The summed E-state index contributed by atoms with van der Waals surface area (Å²) in [6, 6.07) is 1.89. The number of hydrogen-bond donors (Lipinski definition) is 1. The number of nitrogens with zero attached hydrogens (tertiary/aromatic N) is 1. The molecule has 0 fully saturated rings. The molecule has 0 spiro atoms. The highest BCUT2D eigenvalue weighted by Crippen LogP contribution is 2.19. The van der Waals surface area contributed by atoms with Gasteiger partial charge in [0.15, 0.2) is 0 Å². The third-order valence-corrected chi connectivity index (χ3v) is 2.81. The van der Waals surface area contributed by atoms with Crippen LogP contribution in [0.5, 0.6) is 5.88 Å². The molecule has 0 atom stereocenters. The van der Waals surface area contributed by atoms with Gasteiger partial charge in [0.25, 0.3) is 0 Å². The van der Waals surface area contributed by atoms with Crippen molar-refractivity contribution in [3.05, 3.63) is 23.4 Å². The lowest BCUT2D eigenvalue weighted by molar-refractivity contribution is 0.293. The molecule has 0 unspecified atom stereocenters. The molecule has 0 saturated carbocycles. The van der Waals surface area contributed by atoms with E-state index in [4.69, 9.17) is 22.7 Å². The van der Waals surface area contributed by atoms with Crippen LogP contribution in [-0.2, 0) is 0 Å². The molecule has 1 aromatic rings.